The Bertz CT molecular complexity index is 517. The monoisotopic (exact) mass is 256 g/mol. The summed E-state index contributed by atoms with van der Waals surface area (Å²) in [7, 11) is 3.63. The van der Waals surface area contributed by atoms with E-state index in [2.05, 4.69) is 14.6 Å². The summed E-state index contributed by atoms with van der Waals surface area (Å²) in [4.78, 5) is 4.62. The highest BCUT2D eigenvalue weighted by Crippen LogP contribution is 2.19. The number of methoxy groups -OCH3 is 1. The summed E-state index contributed by atoms with van der Waals surface area (Å²) in [5.41, 5.74) is 2.96. The summed E-state index contributed by atoms with van der Waals surface area (Å²) in [6.07, 6.45) is 0.763. The van der Waals surface area contributed by atoms with E-state index < -0.39 is 0 Å². The molecule has 2 aromatic rings. The third-order valence-electron chi connectivity index (χ3n) is 2.81. The van der Waals surface area contributed by atoms with Crippen molar-refractivity contribution in [2.45, 2.75) is 19.9 Å². The van der Waals surface area contributed by atoms with E-state index in [9.17, 15) is 0 Å². The number of hydrogen-bond acceptors (Lipinski definition) is 3. The van der Waals surface area contributed by atoms with Crippen LogP contribution in [-0.2, 0) is 24.8 Å². The maximum absolute atomic E-state index is 5.81. The lowest BCUT2D eigenvalue weighted by atomic mass is 10.4. The number of nitrogens with zero attached hydrogens (tertiary/aromatic N) is 4. The van der Waals surface area contributed by atoms with E-state index >= 15 is 0 Å². The Morgan fingerprint density at radius 1 is 1.41 bits per heavy atom. The standard InChI is InChI=1S/C11H17ClN4O/c1-8-10-11(15(2)14-8)16(6-7-17-3)9(13-10)4-5-12/h4-7H2,1-3H3. The predicted molar refractivity (Wildman–Crippen MR) is 67.5 cm³/mol. The van der Waals surface area contributed by atoms with Crippen LogP contribution in [0.3, 0.4) is 0 Å². The smallest absolute Gasteiger partial charge is 0.158 e. The molecule has 0 fully saturated rings. The highest BCUT2D eigenvalue weighted by Gasteiger charge is 2.16. The third kappa shape index (κ3) is 2.17. The summed E-state index contributed by atoms with van der Waals surface area (Å²) < 4.78 is 9.14. The molecule has 5 nitrogen and oxygen atoms in total. The van der Waals surface area contributed by atoms with Crippen molar-refractivity contribution in [2.75, 3.05) is 19.6 Å². The average molecular weight is 257 g/mol. The second-order valence-corrected chi connectivity index (χ2v) is 4.37. The highest BCUT2D eigenvalue weighted by atomic mass is 35.5. The number of rotatable bonds is 5. The minimum absolute atomic E-state index is 0.572. The Balaban J connectivity index is 2.52. The molecule has 2 aromatic heterocycles. The molecule has 0 unspecified atom stereocenters. The zero-order chi connectivity index (χ0) is 12.4. The van der Waals surface area contributed by atoms with Gasteiger partial charge in [-0.2, -0.15) is 5.10 Å². The quantitative estimate of drug-likeness (QED) is 0.762. The Hall–Kier alpha value is -1.07. The zero-order valence-electron chi connectivity index (χ0n) is 10.4. The Labute approximate surface area is 105 Å². The average Bonchev–Trinajstić information content (AvgIpc) is 2.77. The van der Waals surface area contributed by atoms with Crippen LogP contribution in [0.15, 0.2) is 0 Å². The van der Waals surface area contributed by atoms with Crippen LogP contribution in [0.1, 0.15) is 11.5 Å². The largest absolute Gasteiger partial charge is 0.383 e. The molecule has 2 rings (SSSR count). The van der Waals surface area contributed by atoms with Crippen LogP contribution in [-0.4, -0.2) is 38.9 Å². The van der Waals surface area contributed by atoms with Crippen molar-refractivity contribution in [2.24, 2.45) is 7.05 Å². The zero-order valence-corrected chi connectivity index (χ0v) is 11.2. The van der Waals surface area contributed by atoms with Gasteiger partial charge in [0.2, 0.25) is 0 Å². The Kier molecular flexibility index (Phi) is 3.69. The van der Waals surface area contributed by atoms with Crippen LogP contribution < -0.4 is 0 Å². The summed E-state index contributed by atoms with van der Waals surface area (Å²) in [5, 5.41) is 4.38. The van der Waals surface area contributed by atoms with Gasteiger partial charge in [0.25, 0.3) is 0 Å². The number of aromatic nitrogens is 4. The van der Waals surface area contributed by atoms with Gasteiger partial charge in [0.05, 0.1) is 12.3 Å². The van der Waals surface area contributed by atoms with Crippen molar-refractivity contribution >= 4 is 22.8 Å². The number of imidazole rings is 1. The molecule has 17 heavy (non-hydrogen) atoms. The van der Waals surface area contributed by atoms with Crippen molar-refractivity contribution in [3.63, 3.8) is 0 Å². The number of aryl methyl sites for hydroxylation is 3. The fraction of sp³-hybridized carbons (Fsp3) is 0.636. The lowest BCUT2D eigenvalue weighted by Crippen LogP contribution is -2.11. The molecule has 0 amide bonds. The molecule has 0 aromatic carbocycles. The van der Waals surface area contributed by atoms with Crippen LogP contribution >= 0.6 is 11.6 Å². The fourth-order valence-electron chi connectivity index (χ4n) is 2.07. The van der Waals surface area contributed by atoms with E-state index in [1.165, 1.54) is 0 Å². The highest BCUT2D eigenvalue weighted by molar-refractivity contribution is 6.17. The van der Waals surface area contributed by atoms with E-state index in [1.807, 2.05) is 18.7 Å². The normalized spacial score (nSPS) is 11.5. The number of fused-ring (bicyclic) bond motifs is 1. The van der Waals surface area contributed by atoms with Crippen molar-refractivity contribution in [1.82, 2.24) is 19.3 Å². The molecule has 0 radical (unpaired) electrons. The van der Waals surface area contributed by atoms with Gasteiger partial charge in [-0.25, -0.2) is 4.98 Å². The van der Waals surface area contributed by atoms with E-state index in [4.69, 9.17) is 16.3 Å². The molecule has 0 saturated heterocycles. The topological polar surface area (TPSA) is 44.9 Å². The van der Waals surface area contributed by atoms with Crippen molar-refractivity contribution in [3.05, 3.63) is 11.5 Å². The molecule has 6 heteroatoms. The maximum Gasteiger partial charge on any atom is 0.158 e. The predicted octanol–water partition coefficient (Wildman–Crippen LogP) is 1.51. The van der Waals surface area contributed by atoms with Crippen LogP contribution in [0.5, 0.6) is 0 Å². The van der Waals surface area contributed by atoms with E-state index in [0.29, 0.717) is 12.5 Å². The van der Waals surface area contributed by atoms with E-state index in [0.717, 1.165) is 35.6 Å². The van der Waals surface area contributed by atoms with Crippen LogP contribution in [0.25, 0.3) is 11.2 Å². The first kappa shape index (κ1) is 12.4. The first-order valence-electron chi connectivity index (χ1n) is 5.62. The lowest BCUT2D eigenvalue weighted by Gasteiger charge is -2.07. The third-order valence-corrected chi connectivity index (χ3v) is 3.00. The Morgan fingerprint density at radius 2 is 2.18 bits per heavy atom. The van der Waals surface area contributed by atoms with Crippen LogP contribution in [0, 0.1) is 6.92 Å². The molecule has 0 N–H and O–H groups in total. The molecule has 0 atom stereocenters. The minimum atomic E-state index is 0.572. The van der Waals surface area contributed by atoms with Crippen LogP contribution in [0.2, 0.25) is 0 Å². The van der Waals surface area contributed by atoms with Gasteiger partial charge < -0.3 is 9.30 Å². The summed E-state index contributed by atoms with van der Waals surface area (Å²) in [6.45, 7) is 3.41. The van der Waals surface area contributed by atoms with E-state index in [-0.39, 0.29) is 0 Å². The molecular weight excluding hydrogens is 240 g/mol. The second kappa shape index (κ2) is 5.06. The van der Waals surface area contributed by atoms with Gasteiger partial charge in [-0.15, -0.1) is 11.6 Å². The first-order chi connectivity index (χ1) is 8.19. The first-order valence-corrected chi connectivity index (χ1v) is 6.16. The molecule has 0 aliphatic rings. The number of hydrogen-bond donors (Lipinski definition) is 0. The van der Waals surface area contributed by atoms with Gasteiger partial charge in [0, 0.05) is 33.0 Å². The number of ether oxygens (including phenoxy) is 1. The lowest BCUT2D eigenvalue weighted by molar-refractivity contribution is 0.187. The molecule has 0 spiro atoms. The van der Waals surface area contributed by atoms with Gasteiger partial charge in [0.15, 0.2) is 5.65 Å². The Morgan fingerprint density at radius 3 is 2.82 bits per heavy atom. The SMILES string of the molecule is COCCn1c(CCCl)nc2c(C)nn(C)c21. The summed E-state index contributed by atoms with van der Waals surface area (Å²) in [6, 6.07) is 0. The van der Waals surface area contributed by atoms with Gasteiger partial charge in [-0.05, 0) is 6.92 Å². The molecule has 94 valence electrons. The molecule has 2 heterocycles. The number of halogens is 1. The molecule has 0 bridgehead atoms. The van der Waals surface area contributed by atoms with Gasteiger partial charge >= 0.3 is 0 Å². The minimum Gasteiger partial charge on any atom is -0.383 e. The maximum atomic E-state index is 5.81. The second-order valence-electron chi connectivity index (χ2n) is 3.99. The van der Waals surface area contributed by atoms with Crippen molar-refractivity contribution in [3.8, 4) is 0 Å². The fourth-order valence-corrected chi connectivity index (χ4v) is 2.24. The van der Waals surface area contributed by atoms with Gasteiger partial charge in [-0.3, -0.25) is 4.68 Å². The molecule has 0 aliphatic heterocycles. The van der Waals surface area contributed by atoms with Gasteiger partial charge in [0.1, 0.15) is 11.3 Å². The van der Waals surface area contributed by atoms with Crippen LogP contribution in [0.4, 0.5) is 0 Å². The molecule has 0 aliphatic carbocycles. The molecular formula is C11H17ClN4O. The summed E-state index contributed by atoms with van der Waals surface area (Å²) in [5.74, 6) is 1.58. The van der Waals surface area contributed by atoms with Crippen molar-refractivity contribution < 1.29 is 4.74 Å². The number of alkyl halides is 1. The van der Waals surface area contributed by atoms with Gasteiger partial charge in [-0.1, -0.05) is 0 Å². The van der Waals surface area contributed by atoms with Crippen molar-refractivity contribution in [1.29, 1.82) is 0 Å². The summed E-state index contributed by atoms with van der Waals surface area (Å²) >= 11 is 5.81. The molecule has 0 saturated carbocycles. The van der Waals surface area contributed by atoms with E-state index in [1.54, 1.807) is 7.11 Å².